The number of amides is 3. The number of nitrogens with one attached hydrogen (secondary N) is 2. The van der Waals surface area contributed by atoms with Crippen LogP contribution in [-0.4, -0.2) is 60.4 Å². The van der Waals surface area contributed by atoms with E-state index in [0.717, 1.165) is 17.3 Å². The number of thioether (sulfide) groups is 1. The fourth-order valence-corrected chi connectivity index (χ4v) is 5.76. The summed E-state index contributed by atoms with van der Waals surface area (Å²) in [5.74, 6) is 0.338. The number of hydrogen-bond acceptors (Lipinski definition) is 9. The van der Waals surface area contributed by atoms with Gasteiger partial charge in [0, 0.05) is 18.5 Å². The van der Waals surface area contributed by atoms with Gasteiger partial charge in [-0.05, 0) is 54.8 Å². The molecule has 2 aliphatic heterocycles. The van der Waals surface area contributed by atoms with Gasteiger partial charge >= 0.3 is 0 Å². The van der Waals surface area contributed by atoms with E-state index >= 15 is 0 Å². The summed E-state index contributed by atoms with van der Waals surface area (Å²) < 4.78 is 28.0. The summed E-state index contributed by atoms with van der Waals surface area (Å²) in [6.07, 6.45) is 2.36. The molecule has 0 radical (unpaired) electrons. The van der Waals surface area contributed by atoms with Gasteiger partial charge in [0.1, 0.15) is 17.6 Å². The van der Waals surface area contributed by atoms with Gasteiger partial charge in [0.25, 0.3) is 5.91 Å². The van der Waals surface area contributed by atoms with Gasteiger partial charge in [0.2, 0.25) is 21.8 Å². The minimum Gasteiger partial charge on any atom is -0.467 e. The van der Waals surface area contributed by atoms with Crippen LogP contribution in [0.5, 0.6) is 0 Å². The van der Waals surface area contributed by atoms with Crippen molar-refractivity contribution in [1.29, 1.82) is 0 Å². The van der Waals surface area contributed by atoms with Crippen LogP contribution in [0.2, 0.25) is 0 Å². The van der Waals surface area contributed by atoms with Crippen molar-refractivity contribution in [3.63, 3.8) is 0 Å². The van der Waals surface area contributed by atoms with Crippen LogP contribution in [0.15, 0.2) is 86.2 Å². The summed E-state index contributed by atoms with van der Waals surface area (Å²) in [6.45, 7) is 0.599. The van der Waals surface area contributed by atoms with Crippen molar-refractivity contribution >= 4 is 56.2 Å². The van der Waals surface area contributed by atoms with E-state index in [2.05, 4.69) is 20.6 Å². The van der Waals surface area contributed by atoms with Gasteiger partial charge in [-0.15, -0.1) is 0 Å². The monoisotopic (exact) mass is 608 g/mol. The molecule has 4 N–H and O–H groups in total. The SMILES string of the molecule is NS(=O)(=O)c1ccc(CCNC(=O)CSC2=Nc3ccccc3C3=N[C@H](CCC(=O)NCc4ccco4)C(=O)N23)cc1. The smallest absolute Gasteiger partial charge is 0.259 e. The summed E-state index contributed by atoms with van der Waals surface area (Å²) in [6, 6.07) is 16.2. The molecule has 218 valence electrons. The van der Waals surface area contributed by atoms with Crippen molar-refractivity contribution in [3.8, 4) is 0 Å². The largest absolute Gasteiger partial charge is 0.467 e. The van der Waals surface area contributed by atoms with Crippen molar-refractivity contribution in [3.05, 3.63) is 83.8 Å². The molecule has 42 heavy (non-hydrogen) atoms. The molecule has 0 fully saturated rings. The summed E-state index contributed by atoms with van der Waals surface area (Å²) in [5, 5.41) is 11.1. The molecule has 0 bridgehead atoms. The van der Waals surface area contributed by atoms with E-state index < -0.39 is 16.1 Å². The molecule has 5 rings (SSSR count). The topological polar surface area (TPSA) is 177 Å². The zero-order valence-corrected chi connectivity index (χ0v) is 24.0. The Hall–Kier alpha value is -4.27. The van der Waals surface area contributed by atoms with E-state index in [0.29, 0.717) is 41.0 Å². The van der Waals surface area contributed by atoms with E-state index in [1.807, 2.05) is 24.3 Å². The van der Waals surface area contributed by atoms with Gasteiger partial charge in [-0.25, -0.2) is 23.4 Å². The van der Waals surface area contributed by atoms with Crippen molar-refractivity contribution in [2.24, 2.45) is 15.1 Å². The molecule has 2 aromatic carbocycles. The van der Waals surface area contributed by atoms with E-state index in [1.165, 1.54) is 23.3 Å². The van der Waals surface area contributed by atoms with E-state index in [-0.39, 0.29) is 47.8 Å². The second-order valence-corrected chi connectivity index (χ2v) is 12.0. The molecule has 1 atom stereocenters. The number of benzene rings is 2. The maximum Gasteiger partial charge on any atom is 0.259 e. The van der Waals surface area contributed by atoms with Crippen molar-refractivity contribution in [1.82, 2.24) is 15.5 Å². The number of para-hydroxylation sites is 1. The van der Waals surface area contributed by atoms with Gasteiger partial charge in [-0.2, -0.15) is 0 Å². The fraction of sp³-hybridized carbons (Fsp3) is 0.250. The number of carbonyl (C=O) groups excluding carboxylic acids is 3. The number of carbonyl (C=O) groups is 3. The molecule has 1 aromatic heterocycles. The lowest BCUT2D eigenvalue weighted by atomic mass is 10.1. The predicted octanol–water partition coefficient (Wildman–Crippen LogP) is 2.07. The molecule has 3 amide bonds. The number of fused-ring (bicyclic) bond motifs is 3. The Bertz CT molecular complexity index is 1650. The van der Waals surface area contributed by atoms with Crippen LogP contribution in [-0.2, 0) is 37.4 Å². The molecular weight excluding hydrogens is 580 g/mol. The second-order valence-electron chi connectivity index (χ2n) is 9.53. The Labute approximate surface area is 246 Å². The van der Waals surface area contributed by atoms with Crippen LogP contribution < -0.4 is 15.8 Å². The van der Waals surface area contributed by atoms with Crippen LogP contribution in [0.4, 0.5) is 5.69 Å². The zero-order valence-electron chi connectivity index (χ0n) is 22.4. The summed E-state index contributed by atoms with van der Waals surface area (Å²) in [5.41, 5.74) is 2.19. The van der Waals surface area contributed by atoms with E-state index in [1.54, 1.807) is 24.3 Å². The number of nitrogens with two attached hydrogens (primary N) is 1. The maximum atomic E-state index is 13.4. The third kappa shape index (κ3) is 6.95. The second kappa shape index (κ2) is 12.7. The highest BCUT2D eigenvalue weighted by molar-refractivity contribution is 8.14. The van der Waals surface area contributed by atoms with Gasteiger partial charge < -0.3 is 15.1 Å². The number of rotatable bonds is 11. The van der Waals surface area contributed by atoms with E-state index in [9.17, 15) is 22.8 Å². The molecule has 0 aliphatic carbocycles. The molecular formula is C28H28N6O6S2. The van der Waals surface area contributed by atoms with Crippen LogP contribution in [0, 0.1) is 0 Å². The Morgan fingerprint density at radius 1 is 1.02 bits per heavy atom. The Morgan fingerprint density at radius 3 is 2.55 bits per heavy atom. The number of amidine groups is 2. The predicted molar refractivity (Wildman–Crippen MR) is 157 cm³/mol. The quantitative estimate of drug-likeness (QED) is 0.298. The molecule has 2 aliphatic rings. The van der Waals surface area contributed by atoms with Crippen molar-refractivity contribution < 1.29 is 27.2 Å². The molecule has 0 spiro atoms. The van der Waals surface area contributed by atoms with Gasteiger partial charge in [-0.1, -0.05) is 36.0 Å². The zero-order chi connectivity index (χ0) is 29.7. The van der Waals surface area contributed by atoms with Crippen molar-refractivity contribution in [2.75, 3.05) is 12.3 Å². The molecule has 14 heteroatoms. The lowest BCUT2D eigenvalue weighted by molar-refractivity contribution is -0.125. The van der Waals surface area contributed by atoms with Crippen LogP contribution in [0.3, 0.4) is 0 Å². The standard InChI is InChI=1S/C28H28N6O6S2/c29-42(38,39)20-9-7-18(8-10-20)13-14-30-25(36)17-41-28-33-22-6-2-1-5-21(22)26-32-23(27(37)34(26)28)11-12-24(35)31-16-19-4-3-15-40-19/h1-10,15,23H,11-14,16-17H2,(H,30,36)(H,31,35)(H2,29,38,39)/t23-/m1/s1. The Morgan fingerprint density at radius 2 is 1.81 bits per heavy atom. The molecule has 0 saturated carbocycles. The number of aliphatic imine (C=N–C) groups is 2. The highest BCUT2D eigenvalue weighted by Crippen LogP contribution is 2.34. The molecule has 12 nitrogen and oxygen atoms in total. The maximum absolute atomic E-state index is 13.4. The van der Waals surface area contributed by atoms with Gasteiger partial charge in [0.05, 0.1) is 29.1 Å². The summed E-state index contributed by atoms with van der Waals surface area (Å²) in [7, 11) is -3.76. The van der Waals surface area contributed by atoms with Crippen molar-refractivity contribution in [2.45, 2.75) is 36.7 Å². The third-order valence-electron chi connectivity index (χ3n) is 6.55. The first-order valence-electron chi connectivity index (χ1n) is 13.1. The number of primary sulfonamides is 1. The van der Waals surface area contributed by atoms with Crippen LogP contribution in [0.25, 0.3) is 0 Å². The highest BCUT2D eigenvalue weighted by Gasteiger charge is 2.41. The first-order valence-corrected chi connectivity index (χ1v) is 15.6. The first kappa shape index (κ1) is 29.2. The highest BCUT2D eigenvalue weighted by atomic mass is 32.2. The van der Waals surface area contributed by atoms with E-state index in [4.69, 9.17) is 9.56 Å². The Balaban J connectivity index is 1.16. The number of hydrogen-bond donors (Lipinski definition) is 3. The van der Waals surface area contributed by atoms with Gasteiger partial charge in [0.15, 0.2) is 5.17 Å². The Kier molecular flexibility index (Phi) is 8.85. The number of furan rings is 1. The summed E-state index contributed by atoms with van der Waals surface area (Å²) >= 11 is 1.13. The molecule has 0 saturated heterocycles. The normalized spacial score (nSPS) is 15.9. The third-order valence-corrected chi connectivity index (χ3v) is 8.42. The molecule has 3 heterocycles. The van der Waals surface area contributed by atoms with Gasteiger partial charge in [-0.3, -0.25) is 19.4 Å². The number of sulfonamides is 1. The molecule has 0 unspecified atom stereocenters. The average molecular weight is 609 g/mol. The minimum absolute atomic E-state index is 0.0161. The molecule has 3 aromatic rings. The van der Waals surface area contributed by atoms with Crippen LogP contribution in [0.1, 0.15) is 29.7 Å². The lowest BCUT2D eigenvalue weighted by Crippen LogP contribution is -2.42. The average Bonchev–Trinajstić information content (AvgIpc) is 3.61. The lowest BCUT2D eigenvalue weighted by Gasteiger charge is -2.25. The van der Waals surface area contributed by atoms with Crippen LogP contribution >= 0.6 is 11.8 Å². The summed E-state index contributed by atoms with van der Waals surface area (Å²) in [4.78, 5) is 49.1. The minimum atomic E-state index is -3.76. The fourth-order valence-electron chi connectivity index (χ4n) is 4.42. The number of nitrogens with zero attached hydrogens (tertiary/aromatic N) is 3. The first-order chi connectivity index (χ1) is 20.2.